The van der Waals surface area contributed by atoms with Crippen LogP contribution < -0.4 is 5.32 Å². The molecule has 2 aromatic rings. The van der Waals surface area contributed by atoms with E-state index >= 15 is 0 Å². The molecule has 1 saturated carbocycles. The largest absolute Gasteiger partial charge is 0.310 e. The minimum absolute atomic E-state index is 0.703. The molecule has 0 atom stereocenters. The van der Waals surface area contributed by atoms with Crippen LogP contribution in [0.15, 0.2) is 36.7 Å². The zero-order valence-electron chi connectivity index (χ0n) is 12.9. The minimum atomic E-state index is 0.703. The monoisotopic (exact) mass is 283 g/mol. The summed E-state index contributed by atoms with van der Waals surface area (Å²) in [5.74, 6) is 0. The summed E-state index contributed by atoms with van der Waals surface area (Å²) in [7, 11) is 1.96. The van der Waals surface area contributed by atoms with Crippen molar-refractivity contribution in [2.45, 2.75) is 51.1 Å². The Labute approximate surface area is 127 Å². The highest BCUT2D eigenvalue weighted by molar-refractivity contribution is 5.62. The topological polar surface area (TPSA) is 29.9 Å². The van der Waals surface area contributed by atoms with Crippen molar-refractivity contribution in [2.24, 2.45) is 7.05 Å². The molecule has 0 saturated heterocycles. The Morgan fingerprint density at radius 3 is 2.67 bits per heavy atom. The predicted molar refractivity (Wildman–Crippen MR) is 87.0 cm³/mol. The Bertz CT molecular complexity index is 565. The van der Waals surface area contributed by atoms with Gasteiger partial charge in [0.05, 0.1) is 6.20 Å². The predicted octanol–water partition coefficient (Wildman–Crippen LogP) is 3.90. The van der Waals surface area contributed by atoms with E-state index in [1.165, 1.54) is 55.2 Å². The number of nitrogens with zero attached hydrogens (tertiary/aromatic N) is 2. The van der Waals surface area contributed by atoms with Gasteiger partial charge in [-0.05, 0) is 30.0 Å². The summed E-state index contributed by atoms with van der Waals surface area (Å²) in [6, 6.07) is 9.50. The Morgan fingerprint density at radius 2 is 1.95 bits per heavy atom. The van der Waals surface area contributed by atoms with E-state index in [0.29, 0.717) is 6.04 Å². The van der Waals surface area contributed by atoms with Crippen LogP contribution in [0.5, 0.6) is 0 Å². The van der Waals surface area contributed by atoms with Crippen molar-refractivity contribution in [3.05, 3.63) is 42.2 Å². The fraction of sp³-hybridized carbons (Fsp3) is 0.500. The average molecular weight is 283 g/mol. The van der Waals surface area contributed by atoms with E-state index in [1.807, 2.05) is 17.9 Å². The Morgan fingerprint density at radius 1 is 1.14 bits per heavy atom. The lowest BCUT2D eigenvalue weighted by Crippen LogP contribution is -2.27. The number of aromatic nitrogens is 2. The molecule has 1 aromatic carbocycles. The number of rotatable bonds is 4. The molecule has 3 nitrogen and oxygen atoms in total. The van der Waals surface area contributed by atoms with Gasteiger partial charge in [-0.25, -0.2) is 0 Å². The van der Waals surface area contributed by atoms with Crippen molar-refractivity contribution >= 4 is 0 Å². The third-order valence-corrected chi connectivity index (χ3v) is 4.42. The van der Waals surface area contributed by atoms with Gasteiger partial charge in [-0.2, -0.15) is 5.10 Å². The van der Waals surface area contributed by atoms with Crippen LogP contribution in [-0.4, -0.2) is 15.8 Å². The molecule has 0 aliphatic heterocycles. The summed E-state index contributed by atoms with van der Waals surface area (Å²) in [5, 5.41) is 7.99. The third kappa shape index (κ3) is 3.94. The third-order valence-electron chi connectivity index (χ3n) is 4.42. The van der Waals surface area contributed by atoms with Crippen LogP contribution in [0, 0.1) is 0 Å². The van der Waals surface area contributed by atoms with E-state index in [2.05, 4.69) is 40.9 Å². The van der Waals surface area contributed by atoms with E-state index in [-0.39, 0.29) is 0 Å². The van der Waals surface area contributed by atoms with Gasteiger partial charge in [0, 0.05) is 31.4 Å². The van der Waals surface area contributed by atoms with E-state index in [9.17, 15) is 0 Å². The lowest BCUT2D eigenvalue weighted by molar-refractivity contribution is 0.459. The zero-order chi connectivity index (χ0) is 14.5. The van der Waals surface area contributed by atoms with Gasteiger partial charge in [0.1, 0.15) is 0 Å². The molecule has 1 aliphatic rings. The van der Waals surface area contributed by atoms with Gasteiger partial charge in [0.25, 0.3) is 0 Å². The molecule has 1 N–H and O–H groups in total. The molecule has 0 radical (unpaired) electrons. The number of hydrogen-bond acceptors (Lipinski definition) is 2. The first kappa shape index (κ1) is 14.3. The van der Waals surface area contributed by atoms with Crippen LogP contribution in [0.3, 0.4) is 0 Å². The second kappa shape index (κ2) is 6.90. The number of hydrogen-bond donors (Lipinski definition) is 1. The molecular weight excluding hydrogens is 258 g/mol. The summed E-state index contributed by atoms with van der Waals surface area (Å²) in [4.78, 5) is 0. The highest BCUT2D eigenvalue weighted by Gasteiger charge is 2.11. The van der Waals surface area contributed by atoms with Crippen molar-refractivity contribution in [3.8, 4) is 11.1 Å². The highest BCUT2D eigenvalue weighted by Crippen LogP contribution is 2.21. The van der Waals surface area contributed by atoms with Gasteiger partial charge in [-0.15, -0.1) is 0 Å². The second-order valence-corrected chi connectivity index (χ2v) is 6.17. The second-order valence-electron chi connectivity index (χ2n) is 6.17. The fourth-order valence-corrected chi connectivity index (χ4v) is 3.18. The molecule has 21 heavy (non-hydrogen) atoms. The van der Waals surface area contributed by atoms with Crippen LogP contribution in [0.1, 0.15) is 44.1 Å². The van der Waals surface area contributed by atoms with Crippen molar-refractivity contribution < 1.29 is 0 Å². The molecule has 0 spiro atoms. The summed E-state index contributed by atoms with van der Waals surface area (Å²) in [5.41, 5.74) is 3.80. The van der Waals surface area contributed by atoms with Gasteiger partial charge < -0.3 is 5.32 Å². The standard InChI is InChI=1S/C18H25N3/c1-21-14-17(13-20-21)16-8-6-7-15(11-16)12-19-18-9-4-2-3-5-10-18/h6-8,11,13-14,18-19H,2-5,9-10,12H2,1H3. The smallest absolute Gasteiger partial charge is 0.0568 e. The Balaban J connectivity index is 1.63. The molecule has 3 rings (SSSR count). The van der Waals surface area contributed by atoms with Gasteiger partial charge >= 0.3 is 0 Å². The molecule has 3 heteroatoms. The maximum atomic E-state index is 4.25. The van der Waals surface area contributed by atoms with E-state index in [4.69, 9.17) is 0 Å². The summed E-state index contributed by atoms with van der Waals surface area (Å²) in [6.45, 7) is 0.971. The summed E-state index contributed by atoms with van der Waals surface area (Å²) >= 11 is 0. The quantitative estimate of drug-likeness (QED) is 0.862. The van der Waals surface area contributed by atoms with Crippen molar-refractivity contribution in [2.75, 3.05) is 0 Å². The highest BCUT2D eigenvalue weighted by atomic mass is 15.2. The van der Waals surface area contributed by atoms with Crippen LogP contribution in [0.4, 0.5) is 0 Å². The lowest BCUT2D eigenvalue weighted by Gasteiger charge is -2.16. The first-order chi connectivity index (χ1) is 10.3. The Hall–Kier alpha value is -1.61. The fourth-order valence-electron chi connectivity index (χ4n) is 3.18. The number of nitrogens with one attached hydrogen (secondary N) is 1. The van der Waals surface area contributed by atoms with E-state index in [1.54, 1.807) is 0 Å². The van der Waals surface area contributed by atoms with E-state index in [0.717, 1.165) is 6.54 Å². The van der Waals surface area contributed by atoms with Crippen LogP contribution >= 0.6 is 0 Å². The molecule has 1 fully saturated rings. The molecule has 0 unspecified atom stereocenters. The normalized spacial score (nSPS) is 16.8. The molecule has 0 amide bonds. The minimum Gasteiger partial charge on any atom is -0.310 e. The lowest BCUT2D eigenvalue weighted by atomic mass is 10.1. The summed E-state index contributed by atoms with van der Waals surface area (Å²) < 4.78 is 1.85. The van der Waals surface area contributed by atoms with Crippen LogP contribution in [0.25, 0.3) is 11.1 Å². The first-order valence-electron chi connectivity index (χ1n) is 8.12. The average Bonchev–Trinajstić information content (AvgIpc) is 2.78. The molecule has 1 aliphatic carbocycles. The van der Waals surface area contributed by atoms with Crippen LogP contribution in [-0.2, 0) is 13.6 Å². The zero-order valence-corrected chi connectivity index (χ0v) is 12.9. The van der Waals surface area contributed by atoms with Crippen molar-refractivity contribution in [1.29, 1.82) is 0 Å². The van der Waals surface area contributed by atoms with Gasteiger partial charge in [0.15, 0.2) is 0 Å². The number of aryl methyl sites for hydroxylation is 1. The molecule has 112 valence electrons. The van der Waals surface area contributed by atoms with Gasteiger partial charge in [0.2, 0.25) is 0 Å². The van der Waals surface area contributed by atoms with Crippen LogP contribution in [0.2, 0.25) is 0 Å². The van der Waals surface area contributed by atoms with Crippen molar-refractivity contribution in [1.82, 2.24) is 15.1 Å². The molecule has 1 aromatic heterocycles. The van der Waals surface area contributed by atoms with Gasteiger partial charge in [-0.1, -0.05) is 43.9 Å². The first-order valence-corrected chi connectivity index (χ1v) is 8.12. The maximum absolute atomic E-state index is 4.25. The van der Waals surface area contributed by atoms with Crippen molar-refractivity contribution in [3.63, 3.8) is 0 Å². The SMILES string of the molecule is Cn1cc(-c2cccc(CNC3CCCCCC3)c2)cn1. The van der Waals surface area contributed by atoms with E-state index < -0.39 is 0 Å². The molecule has 1 heterocycles. The Kier molecular flexibility index (Phi) is 4.71. The number of benzene rings is 1. The molecule has 0 bridgehead atoms. The maximum Gasteiger partial charge on any atom is 0.0568 e. The molecular formula is C18H25N3. The summed E-state index contributed by atoms with van der Waals surface area (Å²) in [6.07, 6.45) is 12.3. The van der Waals surface area contributed by atoms with Gasteiger partial charge in [-0.3, -0.25) is 4.68 Å².